The molecule has 1 aromatic carbocycles. The molecule has 0 radical (unpaired) electrons. The smallest absolute Gasteiger partial charge is 0.259 e. The van der Waals surface area contributed by atoms with E-state index >= 15 is 0 Å². The molecule has 0 spiro atoms. The van der Waals surface area contributed by atoms with E-state index in [9.17, 15) is 4.79 Å². The third kappa shape index (κ3) is 4.20. The van der Waals surface area contributed by atoms with Crippen molar-refractivity contribution in [2.75, 3.05) is 30.9 Å². The second-order valence-electron chi connectivity index (χ2n) is 4.59. The van der Waals surface area contributed by atoms with Crippen molar-refractivity contribution in [3.8, 4) is 5.75 Å². The van der Waals surface area contributed by atoms with Crippen molar-refractivity contribution in [1.82, 2.24) is 4.98 Å². The van der Waals surface area contributed by atoms with E-state index in [1.165, 1.54) is 7.11 Å². The van der Waals surface area contributed by atoms with E-state index in [0.717, 1.165) is 0 Å². The summed E-state index contributed by atoms with van der Waals surface area (Å²) in [4.78, 5) is 16.4. The highest BCUT2D eigenvalue weighted by atomic mass is 16.5. The predicted octanol–water partition coefficient (Wildman–Crippen LogP) is 2.14. The first-order chi connectivity index (χ1) is 10.7. The van der Waals surface area contributed by atoms with Crippen LogP contribution in [0.3, 0.4) is 0 Å². The van der Waals surface area contributed by atoms with Gasteiger partial charge in [0.2, 0.25) is 0 Å². The van der Waals surface area contributed by atoms with Gasteiger partial charge in [0, 0.05) is 13.2 Å². The number of aliphatic hydroxyl groups excluding tert-OH is 1. The summed E-state index contributed by atoms with van der Waals surface area (Å²) in [6.45, 7) is 0.788. The minimum absolute atomic E-state index is 0.139. The molecule has 22 heavy (non-hydrogen) atoms. The molecule has 0 fully saturated rings. The number of aliphatic hydroxyl groups is 1. The minimum atomic E-state index is -0.250. The van der Waals surface area contributed by atoms with Crippen molar-refractivity contribution in [3.63, 3.8) is 0 Å². The second-order valence-corrected chi connectivity index (χ2v) is 4.59. The van der Waals surface area contributed by atoms with E-state index < -0.39 is 0 Å². The maximum atomic E-state index is 12.2. The van der Waals surface area contributed by atoms with Gasteiger partial charge in [-0.15, -0.1) is 0 Å². The lowest BCUT2D eigenvalue weighted by atomic mass is 10.2. The zero-order valence-corrected chi connectivity index (χ0v) is 12.4. The number of rotatable bonds is 7. The average Bonchev–Trinajstić information content (AvgIpc) is 2.56. The Balaban J connectivity index is 1.99. The number of ether oxygens (including phenoxy) is 1. The Morgan fingerprint density at radius 1 is 1.27 bits per heavy atom. The average molecular weight is 301 g/mol. The first-order valence-electron chi connectivity index (χ1n) is 6.99. The lowest BCUT2D eigenvalue weighted by Crippen LogP contribution is -2.13. The number of carbonyl (C=O) groups excluding carboxylic acids is 1. The molecule has 0 aliphatic carbocycles. The molecule has 1 amide bonds. The molecule has 6 nitrogen and oxygen atoms in total. The zero-order valence-electron chi connectivity index (χ0n) is 12.4. The van der Waals surface area contributed by atoms with Crippen LogP contribution >= 0.6 is 0 Å². The van der Waals surface area contributed by atoms with Crippen molar-refractivity contribution in [3.05, 3.63) is 48.2 Å². The van der Waals surface area contributed by atoms with Crippen molar-refractivity contribution in [2.24, 2.45) is 0 Å². The lowest BCUT2D eigenvalue weighted by molar-refractivity contribution is 0.102. The second kappa shape index (κ2) is 7.99. The highest BCUT2D eigenvalue weighted by Gasteiger charge is 2.11. The van der Waals surface area contributed by atoms with Gasteiger partial charge in [0.05, 0.1) is 24.6 Å². The molecule has 0 aliphatic heterocycles. The van der Waals surface area contributed by atoms with Gasteiger partial charge in [0.15, 0.2) is 0 Å². The summed E-state index contributed by atoms with van der Waals surface area (Å²) in [6, 6.07) is 10.6. The van der Waals surface area contributed by atoms with Gasteiger partial charge in [-0.1, -0.05) is 12.1 Å². The fraction of sp³-hybridized carbons (Fsp3) is 0.250. The number of methoxy groups -OCH3 is 1. The fourth-order valence-corrected chi connectivity index (χ4v) is 1.90. The maximum Gasteiger partial charge on any atom is 0.259 e. The van der Waals surface area contributed by atoms with Gasteiger partial charge >= 0.3 is 0 Å². The van der Waals surface area contributed by atoms with Gasteiger partial charge in [-0.2, -0.15) is 0 Å². The highest BCUT2D eigenvalue weighted by molar-refractivity contribution is 6.06. The minimum Gasteiger partial charge on any atom is -0.496 e. The standard InChI is InChI=1S/C16H19N3O3/c1-22-14-6-3-2-5-13(14)16(21)19-12-7-8-15(18-11-12)17-9-4-10-20/h2-3,5-8,11,20H,4,9-10H2,1H3,(H,17,18)(H,19,21). The Morgan fingerprint density at radius 2 is 2.09 bits per heavy atom. The largest absolute Gasteiger partial charge is 0.496 e. The van der Waals surface area contributed by atoms with Gasteiger partial charge in [-0.3, -0.25) is 4.79 Å². The Bertz CT molecular complexity index is 614. The van der Waals surface area contributed by atoms with Crippen LogP contribution in [0.25, 0.3) is 0 Å². The number of hydrogen-bond donors (Lipinski definition) is 3. The molecule has 0 unspecified atom stereocenters. The molecule has 0 aliphatic rings. The summed E-state index contributed by atoms with van der Waals surface area (Å²) in [6.07, 6.45) is 2.24. The Kier molecular flexibility index (Phi) is 5.73. The molecule has 2 aromatic rings. The first kappa shape index (κ1) is 15.8. The summed E-state index contributed by atoms with van der Waals surface area (Å²) in [5.41, 5.74) is 1.07. The zero-order chi connectivity index (χ0) is 15.8. The number of para-hydroxylation sites is 1. The Hall–Kier alpha value is -2.60. The number of hydrogen-bond acceptors (Lipinski definition) is 5. The molecule has 3 N–H and O–H groups in total. The molecule has 0 atom stereocenters. The van der Waals surface area contributed by atoms with Crippen molar-refractivity contribution >= 4 is 17.4 Å². The van der Waals surface area contributed by atoms with Crippen LogP contribution in [0.4, 0.5) is 11.5 Å². The predicted molar refractivity (Wildman–Crippen MR) is 85.4 cm³/mol. The molecule has 6 heteroatoms. The number of amides is 1. The number of benzene rings is 1. The van der Waals surface area contributed by atoms with Crippen LogP contribution in [0, 0.1) is 0 Å². The van der Waals surface area contributed by atoms with Gasteiger partial charge in [0.25, 0.3) is 5.91 Å². The number of pyridine rings is 1. The van der Waals surface area contributed by atoms with Crippen LogP contribution in [0.5, 0.6) is 5.75 Å². The summed E-state index contributed by atoms with van der Waals surface area (Å²) in [5, 5.41) is 14.6. The quantitative estimate of drug-likeness (QED) is 0.682. The van der Waals surface area contributed by atoms with Gasteiger partial charge in [-0.25, -0.2) is 4.98 Å². The highest BCUT2D eigenvalue weighted by Crippen LogP contribution is 2.19. The van der Waals surface area contributed by atoms with E-state index in [1.54, 1.807) is 36.5 Å². The third-order valence-corrected chi connectivity index (χ3v) is 3.01. The molecule has 0 saturated heterocycles. The Labute approximate surface area is 129 Å². The summed E-state index contributed by atoms with van der Waals surface area (Å²) < 4.78 is 5.17. The number of nitrogens with zero attached hydrogens (tertiary/aromatic N) is 1. The molecule has 2 rings (SSSR count). The fourth-order valence-electron chi connectivity index (χ4n) is 1.90. The van der Waals surface area contributed by atoms with Crippen LogP contribution in [0.2, 0.25) is 0 Å². The normalized spacial score (nSPS) is 10.1. The van der Waals surface area contributed by atoms with Crippen LogP contribution in [-0.4, -0.2) is 36.3 Å². The number of anilines is 2. The van der Waals surface area contributed by atoms with E-state index in [-0.39, 0.29) is 12.5 Å². The van der Waals surface area contributed by atoms with Crippen LogP contribution in [-0.2, 0) is 0 Å². The van der Waals surface area contributed by atoms with Crippen LogP contribution in [0.1, 0.15) is 16.8 Å². The van der Waals surface area contributed by atoms with Gasteiger partial charge in [0.1, 0.15) is 11.6 Å². The monoisotopic (exact) mass is 301 g/mol. The van der Waals surface area contributed by atoms with E-state index in [2.05, 4.69) is 15.6 Å². The molecule has 116 valence electrons. The lowest BCUT2D eigenvalue weighted by Gasteiger charge is -2.09. The third-order valence-electron chi connectivity index (χ3n) is 3.01. The summed E-state index contributed by atoms with van der Waals surface area (Å²) in [7, 11) is 1.53. The number of aromatic nitrogens is 1. The number of nitrogens with one attached hydrogen (secondary N) is 2. The van der Waals surface area contributed by atoms with E-state index in [4.69, 9.17) is 9.84 Å². The summed E-state index contributed by atoms with van der Waals surface area (Å²) in [5.74, 6) is 0.972. The Morgan fingerprint density at radius 3 is 2.77 bits per heavy atom. The topological polar surface area (TPSA) is 83.5 Å². The SMILES string of the molecule is COc1ccccc1C(=O)Nc1ccc(NCCCO)nc1. The van der Waals surface area contributed by atoms with Crippen molar-refractivity contribution in [1.29, 1.82) is 0 Å². The molecule has 0 saturated carbocycles. The van der Waals surface area contributed by atoms with E-state index in [1.807, 2.05) is 6.07 Å². The van der Waals surface area contributed by atoms with Crippen LogP contribution < -0.4 is 15.4 Å². The van der Waals surface area contributed by atoms with Crippen molar-refractivity contribution < 1.29 is 14.6 Å². The molecular formula is C16H19N3O3. The molecule has 1 aromatic heterocycles. The van der Waals surface area contributed by atoms with Crippen LogP contribution in [0.15, 0.2) is 42.6 Å². The van der Waals surface area contributed by atoms with Crippen molar-refractivity contribution in [2.45, 2.75) is 6.42 Å². The van der Waals surface area contributed by atoms with Gasteiger partial charge < -0.3 is 20.5 Å². The molecule has 0 bridgehead atoms. The van der Waals surface area contributed by atoms with E-state index in [0.29, 0.717) is 35.8 Å². The first-order valence-corrected chi connectivity index (χ1v) is 6.99. The summed E-state index contributed by atoms with van der Waals surface area (Å²) >= 11 is 0. The maximum absolute atomic E-state index is 12.2. The molecule has 1 heterocycles. The van der Waals surface area contributed by atoms with Gasteiger partial charge in [-0.05, 0) is 30.7 Å². The number of carbonyl (C=O) groups is 1. The molecular weight excluding hydrogens is 282 g/mol.